The van der Waals surface area contributed by atoms with Gasteiger partial charge < -0.3 is 15.1 Å². The normalized spacial score (nSPS) is 14.3. The number of carbonyl (C=O) groups is 2. The molecule has 0 bridgehead atoms. The summed E-state index contributed by atoms with van der Waals surface area (Å²) in [5, 5.41) is 19.9. The molecule has 0 aliphatic rings. The second kappa shape index (κ2) is 10.8. The highest BCUT2D eigenvalue weighted by Gasteiger charge is 2.33. The molecule has 0 fully saturated rings. The van der Waals surface area contributed by atoms with E-state index in [9.17, 15) is 19.8 Å². The quantitative estimate of drug-likeness (QED) is 0.418. The number of carbonyl (C=O) groups excluding carboxylic acids is 1. The maximum absolute atomic E-state index is 12.8. The van der Waals surface area contributed by atoms with Crippen molar-refractivity contribution in [1.82, 2.24) is 5.06 Å². The third-order valence-corrected chi connectivity index (χ3v) is 5.02. The number of aliphatic hydroxyl groups excluding tert-OH is 1. The number of aliphatic carboxylic acids is 1. The Morgan fingerprint density at radius 2 is 1.64 bits per heavy atom. The van der Waals surface area contributed by atoms with Gasteiger partial charge in [0.05, 0.1) is 19.1 Å². The molecule has 0 aliphatic carbocycles. The zero-order valence-electron chi connectivity index (χ0n) is 15.6. The van der Waals surface area contributed by atoms with E-state index in [1.54, 1.807) is 24.3 Å². The predicted molar refractivity (Wildman–Crippen MR) is 109 cm³/mol. The molecule has 2 aromatic carbocycles. The van der Waals surface area contributed by atoms with E-state index in [-0.39, 0.29) is 18.2 Å². The summed E-state index contributed by atoms with van der Waals surface area (Å²) in [6.45, 7) is 1.26. The molecule has 7 heteroatoms. The fourth-order valence-corrected chi connectivity index (χ4v) is 3.34. The average Bonchev–Trinajstić information content (AvgIpc) is 2.70. The molecule has 3 atom stereocenters. The Labute approximate surface area is 170 Å². The molecule has 0 aromatic heterocycles. The van der Waals surface area contributed by atoms with Gasteiger partial charge in [-0.15, -0.1) is 5.06 Å². The summed E-state index contributed by atoms with van der Waals surface area (Å²) < 4.78 is 0. The van der Waals surface area contributed by atoms with Crippen molar-refractivity contribution in [1.29, 1.82) is 0 Å². The minimum Gasteiger partial charge on any atom is -0.480 e. The van der Waals surface area contributed by atoms with Gasteiger partial charge in [0.1, 0.15) is 0 Å². The van der Waals surface area contributed by atoms with Gasteiger partial charge in [-0.2, -0.15) is 12.6 Å². The number of hydroxylamine groups is 2. The first-order valence-corrected chi connectivity index (χ1v) is 9.63. The van der Waals surface area contributed by atoms with Gasteiger partial charge in [0.15, 0.2) is 6.04 Å². The van der Waals surface area contributed by atoms with Crippen molar-refractivity contribution in [3.63, 3.8) is 0 Å². The van der Waals surface area contributed by atoms with Gasteiger partial charge in [-0.25, -0.2) is 4.79 Å². The number of carboxylic acids is 1. The third kappa shape index (κ3) is 5.82. The van der Waals surface area contributed by atoms with Crippen LogP contribution in [0.25, 0.3) is 0 Å². The van der Waals surface area contributed by atoms with Crippen molar-refractivity contribution in [3.8, 4) is 0 Å². The Morgan fingerprint density at radius 1 is 1.07 bits per heavy atom. The number of rotatable bonds is 10. The van der Waals surface area contributed by atoms with Crippen LogP contribution in [-0.4, -0.2) is 45.6 Å². The lowest BCUT2D eigenvalue weighted by atomic mass is 9.89. The van der Waals surface area contributed by atoms with Crippen LogP contribution in [0.15, 0.2) is 60.7 Å². The summed E-state index contributed by atoms with van der Waals surface area (Å²) in [7, 11) is 0. The number of thiol groups is 1. The molecule has 150 valence electrons. The molecule has 2 unspecified atom stereocenters. The second-order valence-electron chi connectivity index (χ2n) is 6.50. The lowest BCUT2D eigenvalue weighted by molar-refractivity contribution is -0.217. The van der Waals surface area contributed by atoms with Crippen LogP contribution in [0.2, 0.25) is 0 Å². The zero-order chi connectivity index (χ0) is 20.5. The highest BCUT2D eigenvalue weighted by Crippen LogP contribution is 2.27. The number of hydrogen-bond acceptors (Lipinski definition) is 6. The number of carboxylic acid groups (broad SMARTS) is 1. The SMILES string of the molecule is CC(c1ccccc1)C(CS)C(=O)ON(Cc1ccccc1)[C@@H](CO)C(=O)O. The van der Waals surface area contributed by atoms with E-state index in [4.69, 9.17) is 4.84 Å². The molecule has 2 aromatic rings. The molecule has 0 amide bonds. The molecule has 0 heterocycles. The topological polar surface area (TPSA) is 87.1 Å². The minimum atomic E-state index is -1.36. The lowest BCUT2D eigenvalue weighted by Crippen LogP contribution is -2.45. The fraction of sp³-hybridized carbons (Fsp3) is 0.333. The zero-order valence-corrected chi connectivity index (χ0v) is 16.5. The Balaban J connectivity index is 2.20. The van der Waals surface area contributed by atoms with Crippen molar-refractivity contribution in [2.24, 2.45) is 5.92 Å². The summed E-state index contributed by atoms with van der Waals surface area (Å²) in [5.41, 5.74) is 1.72. The fourth-order valence-electron chi connectivity index (χ4n) is 2.87. The van der Waals surface area contributed by atoms with Gasteiger partial charge in [-0.05, 0) is 17.0 Å². The average molecular weight is 404 g/mol. The van der Waals surface area contributed by atoms with Crippen LogP contribution in [0, 0.1) is 5.92 Å². The van der Waals surface area contributed by atoms with Crippen LogP contribution < -0.4 is 0 Å². The summed E-state index contributed by atoms with van der Waals surface area (Å²) in [6, 6.07) is 17.2. The summed E-state index contributed by atoms with van der Waals surface area (Å²) in [5.74, 6) is -2.35. The minimum absolute atomic E-state index is 0.0448. The Kier molecular flexibility index (Phi) is 8.50. The summed E-state index contributed by atoms with van der Waals surface area (Å²) in [6.07, 6.45) is 0. The first kappa shape index (κ1) is 21.9. The van der Waals surface area contributed by atoms with Crippen molar-refractivity contribution in [2.45, 2.75) is 25.4 Å². The molecule has 2 rings (SSSR count). The van der Waals surface area contributed by atoms with Gasteiger partial charge in [0.2, 0.25) is 0 Å². The van der Waals surface area contributed by atoms with Crippen LogP contribution in [0.5, 0.6) is 0 Å². The number of nitrogens with zero attached hydrogens (tertiary/aromatic N) is 1. The maximum atomic E-state index is 12.8. The summed E-state index contributed by atoms with van der Waals surface area (Å²) in [4.78, 5) is 29.8. The molecular weight excluding hydrogens is 378 g/mol. The standard InChI is InChI=1S/C21H25NO5S/c1-15(17-10-6-3-7-11-17)18(14-28)21(26)27-22(19(13-23)20(24)25)12-16-8-4-2-5-9-16/h2-11,15,18-19,23,28H,12-14H2,1H3,(H,24,25)/t15?,18?,19-/m0/s1. The first-order valence-electron chi connectivity index (χ1n) is 8.99. The van der Waals surface area contributed by atoms with E-state index >= 15 is 0 Å². The Bertz CT molecular complexity index is 756. The van der Waals surface area contributed by atoms with Crippen molar-refractivity contribution in [3.05, 3.63) is 71.8 Å². The Morgan fingerprint density at radius 3 is 2.14 bits per heavy atom. The number of hydrogen-bond donors (Lipinski definition) is 3. The van der Waals surface area contributed by atoms with Crippen molar-refractivity contribution in [2.75, 3.05) is 12.4 Å². The van der Waals surface area contributed by atoms with Crippen molar-refractivity contribution >= 4 is 24.6 Å². The molecule has 0 spiro atoms. The van der Waals surface area contributed by atoms with Crippen LogP contribution in [-0.2, 0) is 21.0 Å². The van der Waals surface area contributed by atoms with Crippen LogP contribution >= 0.6 is 12.6 Å². The van der Waals surface area contributed by atoms with Crippen LogP contribution in [0.4, 0.5) is 0 Å². The van der Waals surface area contributed by atoms with Gasteiger partial charge in [-0.3, -0.25) is 4.79 Å². The van der Waals surface area contributed by atoms with E-state index in [0.29, 0.717) is 0 Å². The van der Waals surface area contributed by atoms with Gasteiger partial charge in [0.25, 0.3) is 0 Å². The highest BCUT2D eigenvalue weighted by atomic mass is 32.1. The molecule has 2 N–H and O–H groups in total. The summed E-state index contributed by atoms with van der Waals surface area (Å²) >= 11 is 4.30. The monoisotopic (exact) mass is 403 g/mol. The van der Waals surface area contributed by atoms with E-state index in [1.807, 2.05) is 43.3 Å². The largest absolute Gasteiger partial charge is 0.480 e. The number of benzene rings is 2. The van der Waals surface area contributed by atoms with E-state index in [2.05, 4.69) is 12.6 Å². The Hall–Kier alpha value is -2.35. The molecule has 0 saturated heterocycles. The van der Waals surface area contributed by atoms with Crippen LogP contribution in [0.3, 0.4) is 0 Å². The predicted octanol–water partition coefficient (Wildman–Crippen LogP) is 2.74. The van der Waals surface area contributed by atoms with E-state index in [0.717, 1.165) is 16.2 Å². The highest BCUT2D eigenvalue weighted by molar-refractivity contribution is 7.80. The third-order valence-electron chi connectivity index (χ3n) is 4.62. The molecular formula is C21H25NO5S. The maximum Gasteiger partial charge on any atom is 0.329 e. The molecule has 0 aliphatic heterocycles. The van der Waals surface area contributed by atoms with Crippen LogP contribution in [0.1, 0.15) is 24.0 Å². The van der Waals surface area contributed by atoms with Gasteiger partial charge >= 0.3 is 11.9 Å². The smallest absolute Gasteiger partial charge is 0.329 e. The van der Waals surface area contributed by atoms with Gasteiger partial charge in [0, 0.05) is 5.75 Å². The first-order chi connectivity index (χ1) is 13.5. The molecule has 6 nitrogen and oxygen atoms in total. The lowest BCUT2D eigenvalue weighted by Gasteiger charge is -2.29. The van der Waals surface area contributed by atoms with E-state index in [1.165, 1.54) is 0 Å². The van der Waals surface area contributed by atoms with Crippen molar-refractivity contribution < 1.29 is 24.6 Å². The van der Waals surface area contributed by atoms with Gasteiger partial charge in [-0.1, -0.05) is 67.6 Å². The molecule has 0 radical (unpaired) electrons. The molecule has 28 heavy (non-hydrogen) atoms. The number of aliphatic hydroxyl groups is 1. The molecule has 0 saturated carbocycles. The van der Waals surface area contributed by atoms with E-state index < -0.39 is 30.5 Å². The second-order valence-corrected chi connectivity index (χ2v) is 6.86.